The van der Waals surface area contributed by atoms with Crippen LogP contribution in [0.2, 0.25) is 0 Å². The molecule has 26 heavy (non-hydrogen) atoms. The molecule has 3 heteroatoms. The minimum absolute atomic E-state index is 0.910. The molecule has 2 saturated heterocycles. The lowest BCUT2D eigenvalue weighted by atomic mass is 10.0. The van der Waals surface area contributed by atoms with E-state index in [1.54, 1.807) is 9.80 Å². The molecule has 0 saturated carbocycles. The molecule has 0 bridgehead atoms. The molecule has 0 spiro atoms. The highest BCUT2D eigenvalue weighted by molar-refractivity contribution is 5.13. The summed E-state index contributed by atoms with van der Waals surface area (Å²) in [5.41, 5.74) is 2.98. The monoisotopic (exact) mass is 352 g/mol. The summed E-state index contributed by atoms with van der Waals surface area (Å²) in [5.74, 6) is 0. The van der Waals surface area contributed by atoms with Crippen molar-refractivity contribution >= 4 is 0 Å². The van der Waals surface area contributed by atoms with Gasteiger partial charge in [-0.15, -0.1) is 0 Å². The molecule has 0 amide bonds. The zero-order valence-corrected chi connectivity index (χ0v) is 15.9. The van der Waals surface area contributed by atoms with Gasteiger partial charge in [0.05, 0.1) is 19.1 Å². The highest BCUT2D eigenvalue weighted by Crippen LogP contribution is 2.00. The molecule has 2 heterocycles. The average molecular weight is 353 g/mol. The quantitative estimate of drug-likeness (QED) is 0.625. The fraction of sp³-hybridized carbons (Fsp3) is 0.478. The van der Waals surface area contributed by atoms with Gasteiger partial charge in [0, 0.05) is 24.0 Å². The molecule has 2 aliphatic rings. The molecule has 138 valence electrons. The van der Waals surface area contributed by atoms with Crippen LogP contribution in [0.15, 0.2) is 60.7 Å². The number of benzene rings is 2. The van der Waals surface area contributed by atoms with Gasteiger partial charge in [-0.05, 0) is 0 Å². The molecule has 0 aromatic heterocycles. The lowest BCUT2D eigenvalue weighted by molar-refractivity contribution is -1.04. The van der Waals surface area contributed by atoms with Crippen LogP contribution in [0.4, 0.5) is 0 Å². The Morgan fingerprint density at radius 3 is 1.54 bits per heavy atom. The van der Waals surface area contributed by atoms with Crippen LogP contribution in [0, 0.1) is 0 Å². The Hall–Kier alpha value is -1.68. The van der Waals surface area contributed by atoms with Crippen LogP contribution in [0.25, 0.3) is 0 Å². The predicted molar refractivity (Wildman–Crippen MR) is 105 cm³/mol. The Labute approximate surface area is 158 Å². The Morgan fingerprint density at radius 2 is 1.04 bits per heavy atom. The molecule has 2 fully saturated rings. The first-order chi connectivity index (χ1) is 12.9. The summed E-state index contributed by atoms with van der Waals surface area (Å²) >= 11 is 0. The minimum Gasteiger partial charge on any atom is -0.331 e. The zero-order valence-electron chi connectivity index (χ0n) is 15.9. The van der Waals surface area contributed by atoms with Crippen LogP contribution in [0.1, 0.15) is 24.0 Å². The van der Waals surface area contributed by atoms with Gasteiger partial charge < -0.3 is 14.7 Å². The number of rotatable bonds is 5. The molecule has 0 atom stereocenters. The summed E-state index contributed by atoms with van der Waals surface area (Å²) in [6.45, 7) is 10.5. The van der Waals surface area contributed by atoms with Gasteiger partial charge in [-0.3, -0.25) is 0 Å². The van der Waals surface area contributed by atoms with Gasteiger partial charge in [-0.25, -0.2) is 0 Å². The van der Waals surface area contributed by atoms with Crippen molar-refractivity contribution in [3.63, 3.8) is 0 Å². The topological polar surface area (TPSA) is 13.3 Å². The molecule has 2 aromatic rings. The number of nitrogens with one attached hydrogen (secondary N) is 3. The summed E-state index contributed by atoms with van der Waals surface area (Å²) in [6.07, 6.45) is 2.82. The maximum atomic E-state index is 2.28. The van der Waals surface area contributed by atoms with Crippen molar-refractivity contribution in [1.29, 1.82) is 0 Å². The Kier molecular flexibility index (Phi) is 6.00. The van der Waals surface area contributed by atoms with E-state index in [2.05, 4.69) is 60.7 Å². The molecular formula is C23H34N3+3. The van der Waals surface area contributed by atoms with Gasteiger partial charge in [0.25, 0.3) is 0 Å². The van der Waals surface area contributed by atoms with E-state index < -0.39 is 0 Å². The summed E-state index contributed by atoms with van der Waals surface area (Å²) < 4.78 is 0. The van der Waals surface area contributed by atoms with Crippen LogP contribution < -0.4 is 14.7 Å². The van der Waals surface area contributed by atoms with Crippen LogP contribution in [-0.2, 0) is 13.1 Å². The van der Waals surface area contributed by atoms with Crippen molar-refractivity contribution < 1.29 is 14.7 Å². The average Bonchev–Trinajstić information content (AvgIpc) is 2.71. The van der Waals surface area contributed by atoms with Crippen molar-refractivity contribution in [2.45, 2.75) is 32.0 Å². The van der Waals surface area contributed by atoms with Crippen molar-refractivity contribution in [2.24, 2.45) is 0 Å². The van der Waals surface area contributed by atoms with Gasteiger partial charge in [0.2, 0.25) is 0 Å². The third-order valence-corrected chi connectivity index (χ3v) is 6.46. The Bertz CT molecular complexity index is 582. The molecule has 2 aromatic carbocycles. The molecule has 3 nitrogen and oxygen atoms in total. The van der Waals surface area contributed by atoms with Crippen LogP contribution in [0.3, 0.4) is 0 Å². The molecule has 0 aliphatic carbocycles. The minimum atomic E-state index is 0.910. The van der Waals surface area contributed by atoms with Gasteiger partial charge in [-0.1, -0.05) is 60.7 Å². The zero-order chi connectivity index (χ0) is 17.6. The van der Waals surface area contributed by atoms with Crippen LogP contribution in [0.5, 0.6) is 0 Å². The van der Waals surface area contributed by atoms with Gasteiger partial charge in [0.1, 0.15) is 39.3 Å². The van der Waals surface area contributed by atoms with Crippen molar-refractivity contribution in [3.8, 4) is 0 Å². The third kappa shape index (κ3) is 4.73. The number of hydrogen-bond donors (Lipinski definition) is 3. The first-order valence-corrected chi connectivity index (χ1v) is 10.5. The second-order valence-electron chi connectivity index (χ2n) is 8.26. The van der Waals surface area contributed by atoms with Gasteiger partial charge in [-0.2, -0.15) is 0 Å². The second kappa shape index (κ2) is 8.81. The van der Waals surface area contributed by atoms with Gasteiger partial charge >= 0.3 is 0 Å². The molecule has 2 aliphatic heterocycles. The molecular weight excluding hydrogens is 318 g/mol. The van der Waals surface area contributed by atoms with E-state index in [0.717, 1.165) is 6.04 Å². The van der Waals surface area contributed by atoms with Crippen molar-refractivity contribution in [2.75, 3.05) is 39.3 Å². The predicted octanol–water partition coefficient (Wildman–Crippen LogP) is -0.782. The van der Waals surface area contributed by atoms with Crippen LogP contribution in [-0.4, -0.2) is 45.3 Å². The Balaban J connectivity index is 1.20. The number of likely N-dealkylation sites (tertiary alicyclic amines) is 1. The highest BCUT2D eigenvalue weighted by Gasteiger charge is 2.33. The van der Waals surface area contributed by atoms with E-state index >= 15 is 0 Å². The number of piperazine rings is 1. The lowest BCUT2D eigenvalue weighted by Crippen LogP contribution is -3.30. The normalized spacial score (nSPS) is 29.4. The summed E-state index contributed by atoms with van der Waals surface area (Å²) in [7, 11) is 0. The second-order valence-corrected chi connectivity index (χ2v) is 8.26. The van der Waals surface area contributed by atoms with E-state index in [9.17, 15) is 0 Å². The van der Waals surface area contributed by atoms with E-state index in [0.29, 0.717) is 0 Å². The highest BCUT2D eigenvalue weighted by atomic mass is 15.3. The summed E-state index contributed by atoms with van der Waals surface area (Å²) in [4.78, 5) is 5.44. The molecule has 0 radical (unpaired) electrons. The van der Waals surface area contributed by atoms with E-state index in [1.807, 2.05) is 4.90 Å². The number of hydrogen-bond acceptors (Lipinski definition) is 0. The van der Waals surface area contributed by atoms with E-state index in [1.165, 1.54) is 76.3 Å². The Morgan fingerprint density at radius 1 is 0.577 bits per heavy atom. The smallest absolute Gasteiger partial charge is 0.127 e. The largest absolute Gasteiger partial charge is 0.331 e. The van der Waals surface area contributed by atoms with E-state index in [4.69, 9.17) is 0 Å². The van der Waals surface area contributed by atoms with E-state index in [-0.39, 0.29) is 0 Å². The first kappa shape index (κ1) is 17.7. The maximum Gasteiger partial charge on any atom is 0.127 e. The fourth-order valence-corrected chi connectivity index (χ4v) is 4.89. The molecule has 3 N–H and O–H groups in total. The summed E-state index contributed by atoms with van der Waals surface area (Å²) in [5, 5.41) is 0. The van der Waals surface area contributed by atoms with Crippen molar-refractivity contribution in [3.05, 3.63) is 71.8 Å². The number of piperidine rings is 1. The van der Waals surface area contributed by atoms with Gasteiger partial charge in [0.15, 0.2) is 0 Å². The van der Waals surface area contributed by atoms with Crippen LogP contribution >= 0.6 is 0 Å². The number of quaternary nitrogens is 3. The fourth-order valence-electron chi connectivity index (χ4n) is 4.89. The molecule has 0 unspecified atom stereocenters. The first-order valence-electron chi connectivity index (χ1n) is 10.5. The third-order valence-electron chi connectivity index (χ3n) is 6.46. The SMILES string of the molecule is c1ccc(C[NH+]2CCC([NH+]3CC[NH+](Cc4ccccc4)CC3)CC2)cc1. The summed E-state index contributed by atoms with van der Waals surface area (Å²) in [6, 6.07) is 22.9. The molecule has 4 rings (SSSR count). The van der Waals surface area contributed by atoms with Crippen molar-refractivity contribution in [1.82, 2.24) is 0 Å². The lowest BCUT2D eigenvalue weighted by Gasteiger charge is -2.37. The standard InChI is InChI=1S/C23H31N3/c1-3-7-21(8-4-1)19-24-13-11-23(12-14-24)26-17-15-25(16-18-26)20-22-9-5-2-6-10-22/h1-10,23H,11-20H2/p+3. The maximum absolute atomic E-state index is 2.28.